The molecule has 0 bridgehead atoms. The summed E-state index contributed by atoms with van der Waals surface area (Å²) >= 11 is 0. The Morgan fingerprint density at radius 3 is 2.05 bits per heavy atom. The maximum Gasteiger partial charge on any atom is 0.251 e. The van der Waals surface area contributed by atoms with Crippen LogP contribution in [0.15, 0.2) is 122 Å². The van der Waals surface area contributed by atoms with Crippen LogP contribution in [0.3, 0.4) is 0 Å². The molecule has 2 saturated carbocycles. The first-order chi connectivity index (χ1) is 30.2. The standard InChI is InChI=1S/C25H23FN4O2.C23H20FN5O/c1-32-20-7-2-16(3-8-20)22-12-18-10-15(14-28-24(18)30-22)13-27-23-11-17(4-9-21(23)26)25(31)29-19-5-6-19;1-29(21-12-14(5-8-18(21)24)23(30)27-16-6-7-16)17-10-15-11-20(28-22(15)26-13-17)19-4-2-3-9-25-19/h2-4,7-12,14,19,27H,5-6,13H2,1H3,(H,28,30)(H,29,31);2-5,8-13,16H,6-7H2,1H3,(H,26,28)(H,27,30). The van der Waals surface area contributed by atoms with E-state index in [1.165, 1.54) is 24.3 Å². The number of pyridine rings is 3. The van der Waals surface area contributed by atoms with Gasteiger partial charge in [0.25, 0.3) is 11.8 Å². The molecule has 2 fully saturated rings. The van der Waals surface area contributed by atoms with Crippen molar-refractivity contribution in [2.75, 3.05) is 24.4 Å². The van der Waals surface area contributed by atoms with Gasteiger partial charge >= 0.3 is 0 Å². The highest BCUT2D eigenvalue weighted by molar-refractivity contribution is 5.96. The maximum atomic E-state index is 14.6. The third-order valence-corrected chi connectivity index (χ3v) is 10.8. The molecule has 0 saturated heterocycles. The molecule has 14 heteroatoms. The third kappa shape index (κ3) is 9.09. The number of hydrogen-bond donors (Lipinski definition) is 5. The van der Waals surface area contributed by atoms with E-state index in [-0.39, 0.29) is 23.9 Å². The van der Waals surface area contributed by atoms with Crippen LogP contribution in [0.2, 0.25) is 0 Å². The number of nitrogens with zero attached hydrogens (tertiary/aromatic N) is 4. The van der Waals surface area contributed by atoms with Gasteiger partial charge in [-0.3, -0.25) is 14.6 Å². The van der Waals surface area contributed by atoms with Crippen LogP contribution >= 0.6 is 0 Å². The summed E-state index contributed by atoms with van der Waals surface area (Å²) in [6, 6.07) is 30.8. The molecule has 0 atom stereocenters. The number of carbonyl (C=O) groups is 2. The number of amides is 2. The van der Waals surface area contributed by atoms with Crippen molar-refractivity contribution in [3.8, 4) is 28.4 Å². The van der Waals surface area contributed by atoms with Gasteiger partial charge in [0.05, 0.1) is 41.8 Å². The van der Waals surface area contributed by atoms with Gasteiger partial charge in [0.15, 0.2) is 0 Å². The van der Waals surface area contributed by atoms with E-state index < -0.39 is 11.6 Å². The molecule has 8 aromatic rings. The monoisotopic (exact) mass is 831 g/mol. The molecule has 0 spiro atoms. The number of methoxy groups -OCH3 is 1. The highest BCUT2D eigenvalue weighted by Crippen LogP contribution is 2.31. The summed E-state index contributed by atoms with van der Waals surface area (Å²) in [5.74, 6) is -0.338. The van der Waals surface area contributed by atoms with Crippen molar-refractivity contribution in [3.05, 3.63) is 150 Å². The van der Waals surface area contributed by atoms with Gasteiger partial charge in [-0.2, -0.15) is 0 Å². The Morgan fingerprint density at radius 1 is 0.726 bits per heavy atom. The third-order valence-electron chi connectivity index (χ3n) is 10.8. The molecule has 0 radical (unpaired) electrons. The second-order valence-corrected chi connectivity index (χ2v) is 15.5. The molecule has 2 amide bonds. The van der Waals surface area contributed by atoms with Gasteiger partial charge in [0.2, 0.25) is 0 Å². The Bertz CT molecular complexity index is 2910. The smallest absolute Gasteiger partial charge is 0.251 e. The molecule has 5 heterocycles. The van der Waals surface area contributed by atoms with Crippen molar-refractivity contribution in [1.29, 1.82) is 0 Å². The normalized spacial score (nSPS) is 13.3. The molecule has 10 rings (SSSR count). The number of carbonyl (C=O) groups excluding carboxylic acids is 2. The fourth-order valence-corrected chi connectivity index (χ4v) is 6.97. The minimum atomic E-state index is -0.399. The zero-order valence-electron chi connectivity index (χ0n) is 34.0. The van der Waals surface area contributed by atoms with Gasteiger partial charge in [0, 0.05) is 65.7 Å². The molecule has 0 unspecified atom stereocenters. The zero-order valence-corrected chi connectivity index (χ0v) is 34.0. The molecular weight excluding hydrogens is 789 g/mol. The lowest BCUT2D eigenvalue weighted by molar-refractivity contribution is 0.0942. The van der Waals surface area contributed by atoms with Gasteiger partial charge in [-0.15, -0.1) is 0 Å². The number of benzene rings is 3. The molecule has 3 aromatic carbocycles. The Kier molecular flexibility index (Phi) is 11.0. The average molecular weight is 832 g/mol. The molecule has 2 aliphatic carbocycles. The largest absolute Gasteiger partial charge is 0.497 e. The number of aromatic nitrogens is 5. The van der Waals surface area contributed by atoms with Gasteiger partial charge in [-0.1, -0.05) is 6.07 Å². The van der Waals surface area contributed by atoms with E-state index in [1.54, 1.807) is 49.8 Å². The molecule has 5 N–H and O–H groups in total. The lowest BCUT2D eigenvalue weighted by atomic mass is 10.1. The summed E-state index contributed by atoms with van der Waals surface area (Å²) in [6.45, 7) is 0.386. The number of ether oxygens (including phenoxy) is 1. The Hall–Kier alpha value is -7.61. The van der Waals surface area contributed by atoms with E-state index in [2.05, 4.69) is 40.9 Å². The van der Waals surface area contributed by atoms with Crippen LogP contribution in [0.4, 0.5) is 25.8 Å². The van der Waals surface area contributed by atoms with Gasteiger partial charge in [-0.05, 0) is 134 Å². The average Bonchev–Trinajstić information content (AvgIpc) is 4.22. The number of halogens is 2. The Morgan fingerprint density at radius 2 is 1.37 bits per heavy atom. The first-order valence-electron chi connectivity index (χ1n) is 20.4. The van der Waals surface area contributed by atoms with E-state index in [0.717, 1.165) is 81.7 Å². The van der Waals surface area contributed by atoms with Crippen LogP contribution in [-0.2, 0) is 6.54 Å². The van der Waals surface area contributed by atoms with Crippen molar-refractivity contribution in [2.45, 2.75) is 44.3 Å². The quantitative estimate of drug-likeness (QED) is 0.0817. The van der Waals surface area contributed by atoms with E-state index in [1.807, 2.05) is 66.7 Å². The summed E-state index contributed by atoms with van der Waals surface area (Å²) in [5.41, 5.74) is 8.32. The summed E-state index contributed by atoms with van der Waals surface area (Å²) in [5, 5.41) is 10.8. The maximum absolute atomic E-state index is 14.6. The highest BCUT2D eigenvalue weighted by atomic mass is 19.1. The molecule has 0 aliphatic heterocycles. The van der Waals surface area contributed by atoms with Crippen LogP contribution in [-0.4, -0.2) is 63.0 Å². The first-order valence-corrected chi connectivity index (χ1v) is 20.4. The highest BCUT2D eigenvalue weighted by Gasteiger charge is 2.25. The van der Waals surface area contributed by atoms with Crippen LogP contribution in [0.1, 0.15) is 52.0 Å². The predicted octanol–water partition coefficient (Wildman–Crippen LogP) is 9.31. The second kappa shape index (κ2) is 17.2. The zero-order chi connectivity index (χ0) is 42.7. The van der Waals surface area contributed by atoms with Crippen molar-refractivity contribution < 1.29 is 23.1 Å². The van der Waals surface area contributed by atoms with Crippen molar-refractivity contribution in [2.24, 2.45) is 0 Å². The molecule has 62 heavy (non-hydrogen) atoms. The number of anilines is 3. The number of aromatic amines is 2. The number of H-pyrrole nitrogens is 2. The van der Waals surface area contributed by atoms with E-state index >= 15 is 0 Å². The second-order valence-electron chi connectivity index (χ2n) is 15.5. The SMILES string of the molecule is CN(c1cnc2[nH]c(-c3ccccn3)cc2c1)c1cc(C(=O)NC2CC2)ccc1F.COc1ccc(-c2cc3cc(CNc4cc(C(=O)NC5CC5)ccc4F)cnc3[nH]2)cc1. The molecule has 5 aromatic heterocycles. The summed E-state index contributed by atoms with van der Waals surface area (Å²) in [6.07, 6.45) is 9.19. The number of hydrogen-bond acceptors (Lipinski definition) is 8. The minimum absolute atomic E-state index is 0.169. The molecule has 12 nitrogen and oxygen atoms in total. The molecule has 2 aliphatic rings. The van der Waals surface area contributed by atoms with Gasteiger partial charge in [-0.25, -0.2) is 18.7 Å². The first kappa shape index (κ1) is 39.8. The number of fused-ring (bicyclic) bond motifs is 2. The summed E-state index contributed by atoms with van der Waals surface area (Å²) in [7, 11) is 3.40. The van der Waals surface area contributed by atoms with Crippen LogP contribution < -0.4 is 25.6 Å². The Balaban J connectivity index is 0.000000158. The fourth-order valence-electron chi connectivity index (χ4n) is 6.97. The lowest BCUT2D eigenvalue weighted by Crippen LogP contribution is -2.25. The van der Waals surface area contributed by atoms with Crippen LogP contribution in [0.5, 0.6) is 5.75 Å². The minimum Gasteiger partial charge on any atom is -0.497 e. The number of nitrogens with one attached hydrogen (secondary N) is 5. The fraction of sp³-hybridized carbons (Fsp3) is 0.188. The van der Waals surface area contributed by atoms with E-state index in [9.17, 15) is 18.4 Å². The van der Waals surface area contributed by atoms with Crippen LogP contribution in [0, 0.1) is 11.6 Å². The molecular formula is C48H43F2N9O3. The number of rotatable bonds is 12. The topological polar surface area (TPSA) is 153 Å². The summed E-state index contributed by atoms with van der Waals surface area (Å²) in [4.78, 5) is 46.2. The van der Waals surface area contributed by atoms with Crippen molar-refractivity contribution in [1.82, 2.24) is 35.6 Å². The molecule has 312 valence electrons. The van der Waals surface area contributed by atoms with Crippen molar-refractivity contribution >= 4 is 50.9 Å². The Labute approximate surface area is 355 Å². The van der Waals surface area contributed by atoms with Crippen LogP contribution in [0.25, 0.3) is 44.7 Å². The van der Waals surface area contributed by atoms with Gasteiger partial charge < -0.3 is 35.6 Å². The van der Waals surface area contributed by atoms with E-state index in [0.29, 0.717) is 34.7 Å². The van der Waals surface area contributed by atoms with E-state index in [4.69, 9.17) is 4.74 Å². The summed E-state index contributed by atoms with van der Waals surface area (Å²) < 4.78 is 34.1. The van der Waals surface area contributed by atoms with Crippen molar-refractivity contribution in [3.63, 3.8) is 0 Å². The van der Waals surface area contributed by atoms with Gasteiger partial charge in [0.1, 0.15) is 28.7 Å². The predicted molar refractivity (Wildman–Crippen MR) is 237 cm³/mol. The lowest BCUT2D eigenvalue weighted by Gasteiger charge is -2.20.